The first-order valence-electron chi connectivity index (χ1n) is 10.0. The van der Waals surface area contributed by atoms with Crippen LogP contribution in [0.25, 0.3) is 0 Å². The van der Waals surface area contributed by atoms with E-state index in [0.29, 0.717) is 19.8 Å². The van der Waals surface area contributed by atoms with Gasteiger partial charge in [-0.25, -0.2) is 4.99 Å². The Labute approximate surface area is 186 Å². The number of nitrogens with zero attached hydrogens (tertiary/aromatic N) is 1. The fourth-order valence-corrected chi connectivity index (χ4v) is 2.58. The van der Waals surface area contributed by atoms with Crippen molar-refractivity contribution in [2.45, 2.75) is 39.7 Å². The van der Waals surface area contributed by atoms with Crippen molar-refractivity contribution in [1.29, 1.82) is 0 Å². The van der Waals surface area contributed by atoms with Crippen molar-refractivity contribution in [3.63, 3.8) is 0 Å². The molecule has 1 aliphatic rings. The van der Waals surface area contributed by atoms with E-state index < -0.39 is 0 Å². The van der Waals surface area contributed by atoms with Gasteiger partial charge >= 0.3 is 0 Å². The molecule has 0 unspecified atom stereocenters. The molecule has 0 amide bonds. The summed E-state index contributed by atoms with van der Waals surface area (Å²) < 4.78 is 16.6. The zero-order chi connectivity index (χ0) is 19.3. The monoisotopic (exact) mass is 505 g/mol. The standard InChI is InChI=1S/C21H35N3O3.HI/c1-4-22-21(23-10-5-11-26-16-18-7-8-18)24-15-19-9-6-17(2)14-20(19)27-13-12-25-3;/h6,9,14,18H,4-5,7-8,10-13,15-16H2,1-3H3,(H2,22,23,24);1H. The summed E-state index contributed by atoms with van der Waals surface area (Å²) in [4.78, 5) is 4.70. The third kappa shape index (κ3) is 10.5. The van der Waals surface area contributed by atoms with Crippen LogP contribution in [-0.4, -0.2) is 52.6 Å². The molecule has 1 aliphatic carbocycles. The summed E-state index contributed by atoms with van der Waals surface area (Å²) in [7, 11) is 1.68. The van der Waals surface area contributed by atoms with Gasteiger partial charge in [0.15, 0.2) is 5.96 Å². The molecule has 1 aromatic rings. The number of nitrogens with one attached hydrogen (secondary N) is 2. The lowest BCUT2D eigenvalue weighted by Gasteiger charge is -2.13. The third-order valence-electron chi connectivity index (χ3n) is 4.33. The van der Waals surface area contributed by atoms with Gasteiger partial charge in [-0.05, 0) is 50.7 Å². The number of hydrogen-bond acceptors (Lipinski definition) is 4. The van der Waals surface area contributed by atoms with E-state index in [-0.39, 0.29) is 24.0 Å². The summed E-state index contributed by atoms with van der Waals surface area (Å²) >= 11 is 0. The minimum Gasteiger partial charge on any atom is -0.491 e. The predicted molar refractivity (Wildman–Crippen MR) is 125 cm³/mol. The van der Waals surface area contributed by atoms with Gasteiger partial charge in [0.2, 0.25) is 0 Å². The highest BCUT2D eigenvalue weighted by molar-refractivity contribution is 14.0. The molecule has 7 heteroatoms. The number of guanidine groups is 1. The molecule has 0 saturated heterocycles. The molecular weight excluding hydrogens is 469 g/mol. The number of rotatable bonds is 13. The van der Waals surface area contributed by atoms with Gasteiger partial charge in [-0.1, -0.05) is 12.1 Å². The molecule has 1 fully saturated rings. The molecule has 0 aliphatic heterocycles. The SMILES string of the molecule is CCNC(=NCc1ccc(C)cc1OCCOC)NCCCOCC1CC1.I. The summed E-state index contributed by atoms with van der Waals surface area (Å²) in [6.07, 6.45) is 3.66. The molecule has 28 heavy (non-hydrogen) atoms. The summed E-state index contributed by atoms with van der Waals surface area (Å²) in [5.74, 6) is 2.52. The number of aryl methyl sites for hydroxylation is 1. The van der Waals surface area contributed by atoms with Gasteiger partial charge in [0, 0.05) is 39.0 Å². The average Bonchev–Trinajstić information content (AvgIpc) is 3.48. The van der Waals surface area contributed by atoms with Crippen LogP contribution in [0.15, 0.2) is 23.2 Å². The Morgan fingerprint density at radius 1 is 1.18 bits per heavy atom. The van der Waals surface area contributed by atoms with Crippen LogP contribution in [0.3, 0.4) is 0 Å². The Morgan fingerprint density at radius 2 is 2.00 bits per heavy atom. The van der Waals surface area contributed by atoms with Crippen molar-refractivity contribution < 1.29 is 14.2 Å². The Bertz CT molecular complexity index is 580. The van der Waals surface area contributed by atoms with Crippen LogP contribution in [0.5, 0.6) is 5.75 Å². The van der Waals surface area contributed by atoms with E-state index in [4.69, 9.17) is 19.2 Å². The maximum Gasteiger partial charge on any atom is 0.191 e. The molecule has 0 spiro atoms. The van der Waals surface area contributed by atoms with Gasteiger partial charge in [-0.3, -0.25) is 0 Å². The van der Waals surface area contributed by atoms with E-state index in [1.807, 2.05) is 0 Å². The van der Waals surface area contributed by atoms with Crippen molar-refractivity contribution in [3.05, 3.63) is 29.3 Å². The number of aliphatic imine (C=N–C) groups is 1. The van der Waals surface area contributed by atoms with Crippen LogP contribution in [0.1, 0.15) is 37.3 Å². The van der Waals surface area contributed by atoms with Crippen LogP contribution in [0.2, 0.25) is 0 Å². The van der Waals surface area contributed by atoms with Gasteiger partial charge < -0.3 is 24.8 Å². The summed E-state index contributed by atoms with van der Waals surface area (Å²) in [6.45, 7) is 9.21. The Balaban J connectivity index is 0.00000392. The highest BCUT2D eigenvalue weighted by Crippen LogP contribution is 2.28. The lowest BCUT2D eigenvalue weighted by molar-refractivity contribution is 0.123. The molecule has 6 nitrogen and oxygen atoms in total. The fourth-order valence-electron chi connectivity index (χ4n) is 2.58. The molecule has 1 saturated carbocycles. The molecule has 0 bridgehead atoms. The molecule has 0 atom stereocenters. The van der Waals surface area contributed by atoms with E-state index in [1.165, 1.54) is 18.4 Å². The quantitative estimate of drug-likeness (QED) is 0.186. The Kier molecular flexibility index (Phi) is 13.3. The van der Waals surface area contributed by atoms with Gasteiger partial charge in [0.05, 0.1) is 13.2 Å². The van der Waals surface area contributed by atoms with E-state index in [2.05, 4.69) is 42.7 Å². The van der Waals surface area contributed by atoms with Gasteiger partial charge in [0.25, 0.3) is 0 Å². The van der Waals surface area contributed by atoms with Crippen molar-refractivity contribution >= 4 is 29.9 Å². The molecule has 160 valence electrons. The van der Waals surface area contributed by atoms with Crippen LogP contribution in [-0.2, 0) is 16.0 Å². The highest BCUT2D eigenvalue weighted by atomic mass is 127. The minimum absolute atomic E-state index is 0. The van der Waals surface area contributed by atoms with Crippen molar-refractivity contribution in [3.8, 4) is 5.75 Å². The number of hydrogen-bond donors (Lipinski definition) is 2. The molecule has 0 heterocycles. The predicted octanol–water partition coefficient (Wildman–Crippen LogP) is 3.51. The smallest absolute Gasteiger partial charge is 0.191 e. The van der Waals surface area contributed by atoms with Gasteiger partial charge in [-0.15, -0.1) is 24.0 Å². The average molecular weight is 505 g/mol. The first kappa shape index (κ1) is 25.0. The zero-order valence-corrected chi connectivity index (χ0v) is 19.8. The van der Waals surface area contributed by atoms with E-state index >= 15 is 0 Å². The van der Waals surface area contributed by atoms with Crippen LogP contribution in [0.4, 0.5) is 0 Å². The second-order valence-electron chi connectivity index (χ2n) is 6.95. The number of benzene rings is 1. The number of halogens is 1. The number of ether oxygens (including phenoxy) is 3. The van der Waals surface area contributed by atoms with Gasteiger partial charge in [0.1, 0.15) is 12.4 Å². The van der Waals surface area contributed by atoms with Crippen LogP contribution >= 0.6 is 24.0 Å². The largest absolute Gasteiger partial charge is 0.491 e. The van der Waals surface area contributed by atoms with E-state index in [0.717, 1.165) is 55.9 Å². The number of methoxy groups -OCH3 is 1. The van der Waals surface area contributed by atoms with Crippen LogP contribution in [0, 0.1) is 12.8 Å². The highest BCUT2D eigenvalue weighted by Gasteiger charge is 2.20. The van der Waals surface area contributed by atoms with E-state index in [9.17, 15) is 0 Å². The zero-order valence-electron chi connectivity index (χ0n) is 17.5. The topological polar surface area (TPSA) is 64.1 Å². The molecule has 1 aromatic carbocycles. The van der Waals surface area contributed by atoms with E-state index in [1.54, 1.807) is 7.11 Å². The second-order valence-corrected chi connectivity index (χ2v) is 6.95. The maximum absolute atomic E-state index is 5.85. The molecule has 2 rings (SSSR count). The van der Waals surface area contributed by atoms with Gasteiger partial charge in [-0.2, -0.15) is 0 Å². The molecule has 2 N–H and O–H groups in total. The normalized spacial score (nSPS) is 13.8. The van der Waals surface area contributed by atoms with Crippen molar-refractivity contribution in [2.75, 3.05) is 46.6 Å². The lowest BCUT2D eigenvalue weighted by atomic mass is 10.1. The summed E-state index contributed by atoms with van der Waals surface area (Å²) in [6, 6.07) is 6.22. The Morgan fingerprint density at radius 3 is 2.71 bits per heavy atom. The first-order valence-corrected chi connectivity index (χ1v) is 10.0. The summed E-state index contributed by atoms with van der Waals surface area (Å²) in [5, 5.41) is 6.67. The summed E-state index contributed by atoms with van der Waals surface area (Å²) in [5.41, 5.74) is 2.24. The first-order chi connectivity index (χ1) is 13.2. The third-order valence-corrected chi connectivity index (χ3v) is 4.33. The minimum atomic E-state index is 0. The van der Waals surface area contributed by atoms with Crippen molar-refractivity contribution in [1.82, 2.24) is 10.6 Å². The fraction of sp³-hybridized carbons (Fsp3) is 0.667. The maximum atomic E-state index is 5.85. The Hall–Kier alpha value is -1.06. The van der Waals surface area contributed by atoms with Crippen LogP contribution < -0.4 is 15.4 Å². The molecule has 0 aromatic heterocycles. The molecular formula is C21H36IN3O3. The van der Waals surface area contributed by atoms with Crippen molar-refractivity contribution in [2.24, 2.45) is 10.9 Å². The second kappa shape index (κ2) is 14.9. The molecule has 0 radical (unpaired) electrons. The lowest BCUT2D eigenvalue weighted by Crippen LogP contribution is -2.38.